The van der Waals surface area contributed by atoms with Crippen LogP contribution in [0.3, 0.4) is 0 Å². The number of hydrogen-bond acceptors (Lipinski definition) is 2. The maximum absolute atomic E-state index is 9.55. The van der Waals surface area contributed by atoms with E-state index in [0.717, 1.165) is 24.9 Å². The van der Waals surface area contributed by atoms with Crippen LogP contribution < -0.4 is 0 Å². The molecule has 0 saturated heterocycles. The van der Waals surface area contributed by atoms with Crippen molar-refractivity contribution in [3.63, 3.8) is 0 Å². The zero-order valence-electron chi connectivity index (χ0n) is 14.5. The monoisotopic (exact) mass is 294 g/mol. The lowest BCUT2D eigenvalue weighted by Crippen LogP contribution is -2.57. The molecule has 3 aliphatic rings. The number of hydrogen-bond donors (Lipinski definition) is 1. The summed E-state index contributed by atoms with van der Waals surface area (Å²) in [4.78, 5) is 0. The first-order valence-corrected chi connectivity index (χ1v) is 9.09. The molecule has 0 aromatic rings. The van der Waals surface area contributed by atoms with Gasteiger partial charge in [-0.3, -0.25) is 0 Å². The predicted octanol–water partition coefficient (Wildman–Crippen LogP) is 4.55. The van der Waals surface area contributed by atoms with Gasteiger partial charge < -0.3 is 9.84 Å². The van der Waals surface area contributed by atoms with E-state index in [9.17, 15) is 5.11 Å². The van der Waals surface area contributed by atoms with Gasteiger partial charge in [0.05, 0.1) is 11.7 Å². The zero-order chi connectivity index (χ0) is 15.3. The highest BCUT2D eigenvalue weighted by Gasteiger charge is 2.61. The molecule has 3 fully saturated rings. The van der Waals surface area contributed by atoms with Crippen molar-refractivity contribution in [2.75, 3.05) is 6.61 Å². The number of aliphatic hydroxyl groups is 1. The predicted molar refractivity (Wildman–Crippen MR) is 86.2 cm³/mol. The fourth-order valence-electron chi connectivity index (χ4n) is 5.80. The number of aliphatic hydroxyl groups excluding tert-OH is 1. The number of rotatable bonds is 4. The van der Waals surface area contributed by atoms with Gasteiger partial charge in [0.1, 0.15) is 0 Å². The number of fused-ring (bicyclic) bond motifs is 4. The standard InChI is InChI=1S/C19H34O2/c1-14(20)7-11-21-19-9-5-8-18(4,13-19)10-6-15-16(19)12-17(15,2)3/h14-16,20H,5-13H2,1-4H3. The second kappa shape index (κ2) is 5.23. The molecule has 21 heavy (non-hydrogen) atoms. The minimum atomic E-state index is -0.240. The van der Waals surface area contributed by atoms with E-state index in [0.29, 0.717) is 10.8 Å². The van der Waals surface area contributed by atoms with E-state index in [1.54, 1.807) is 0 Å². The molecule has 2 nitrogen and oxygen atoms in total. The van der Waals surface area contributed by atoms with Gasteiger partial charge >= 0.3 is 0 Å². The number of ether oxygens (including phenoxy) is 1. The molecule has 122 valence electrons. The Bertz CT molecular complexity index is 389. The molecular weight excluding hydrogens is 260 g/mol. The van der Waals surface area contributed by atoms with E-state index in [4.69, 9.17) is 4.74 Å². The van der Waals surface area contributed by atoms with E-state index in [2.05, 4.69) is 20.8 Å². The summed E-state index contributed by atoms with van der Waals surface area (Å²) in [5, 5.41) is 9.55. The van der Waals surface area contributed by atoms with Crippen LogP contribution >= 0.6 is 0 Å². The summed E-state index contributed by atoms with van der Waals surface area (Å²) in [5.74, 6) is 1.62. The molecule has 3 aliphatic carbocycles. The Morgan fingerprint density at radius 3 is 2.57 bits per heavy atom. The normalized spacial score (nSPS) is 46.1. The molecule has 0 aromatic carbocycles. The lowest BCUT2D eigenvalue weighted by molar-refractivity contribution is -0.194. The average Bonchev–Trinajstić information content (AvgIpc) is 2.41. The zero-order valence-corrected chi connectivity index (χ0v) is 14.5. The molecule has 2 bridgehead atoms. The molecule has 0 amide bonds. The highest BCUT2D eigenvalue weighted by atomic mass is 16.5. The molecule has 1 N–H and O–H groups in total. The fourth-order valence-corrected chi connectivity index (χ4v) is 5.80. The third kappa shape index (κ3) is 2.79. The minimum Gasteiger partial charge on any atom is -0.393 e. The Morgan fingerprint density at radius 2 is 1.90 bits per heavy atom. The van der Waals surface area contributed by atoms with Crippen molar-refractivity contribution in [1.29, 1.82) is 0 Å². The highest BCUT2D eigenvalue weighted by Crippen LogP contribution is 2.65. The molecule has 0 spiro atoms. The van der Waals surface area contributed by atoms with Crippen molar-refractivity contribution >= 4 is 0 Å². The molecule has 3 rings (SSSR count). The highest BCUT2D eigenvalue weighted by molar-refractivity contribution is 5.11. The van der Waals surface area contributed by atoms with Crippen molar-refractivity contribution < 1.29 is 9.84 Å². The van der Waals surface area contributed by atoms with Gasteiger partial charge in [-0.2, -0.15) is 0 Å². The van der Waals surface area contributed by atoms with Gasteiger partial charge in [-0.1, -0.05) is 27.2 Å². The van der Waals surface area contributed by atoms with Crippen LogP contribution in [-0.4, -0.2) is 23.4 Å². The van der Waals surface area contributed by atoms with Crippen LogP contribution in [0.4, 0.5) is 0 Å². The molecule has 2 heteroatoms. The first kappa shape index (κ1) is 15.8. The van der Waals surface area contributed by atoms with Crippen LogP contribution in [0, 0.1) is 22.7 Å². The summed E-state index contributed by atoms with van der Waals surface area (Å²) in [6.45, 7) is 10.0. The Kier molecular flexibility index (Phi) is 3.94. The maximum Gasteiger partial charge on any atom is 0.0718 e. The lowest BCUT2D eigenvalue weighted by atomic mass is 9.49. The average molecular weight is 294 g/mol. The van der Waals surface area contributed by atoms with Crippen LogP contribution in [-0.2, 0) is 4.74 Å². The molecule has 0 radical (unpaired) electrons. The summed E-state index contributed by atoms with van der Waals surface area (Å²) >= 11 is 0. The third-order valence-corrected chi connectivity index (χ3v) is 7.00. The maximum atomic E-state index is 9.55. The lowest BCUT2D eigenvalue weighted by Gasteiger charge is -2.59. The fraction of sp³-hybridized carbons (Fsp3) is 1.00. The van der Waals surface area contributed by atoms with Gasteiger partial charge in [0.25, 0.3) is 0 Å². The first-order valence-electron chi connectivity index (χ1n) is 9.09. The van der Waals surface area contributed by atoms with E-state index in [1.807, 2.05) is 6.92 Å². The topological polar surface area (TPSA) is 29.5 Å². The molecule has 0 heterocycles. The van der Waals surface area contributed by atoms with E-state index in [-0.39, 0.29) is 11.7 Å². The minimum absolute atomic E-state index is 0.124. The molecule has 0 aromatic heterocycles. The van der Waals surface area contributed by atoms with Crippen molar-refractivity contribution in [2.24, 2.45) is 22.7 Å². The van der Waals surface area contributed by atoms with Crippen LogP contribution in [0.15, 0.2) is 0 Å². The largest absolute Gasteiger partial charge is 0.393 e. The summed E-state index contributed by atoms with van der Waals surface area (Å²) in [6, 6.07) is 0. The van der Waals surface area contributed by atoms with Gasteiger partial charge in [0.15, 0.2) is 0 Å². The summed E-state index contributed by atoms with van der Waals surface area (Å²) in [5.41, 5.74) is 1.13. The Labute approximate surface area is 130 Å². The second-order valence-electron chi connectivity index (χ2n) is 9.34. The quantitative estimate of drug-likeness (QED) is 0.824. The third-order valence-electron chi connectivity index (χ3n) is 7.00. The van der Waals surface area contributed by atoms with Crippen molar-refractivity contribution in [1.82, 2.24) is 0 Å². The van der Waals surface area contributed by atoms with Crippen molar-refractivity contribution in [3.8, 4) is 0 Å². The van der Waals surface area contributed by atoms with Gasteiger partial charge in [-0.05, 0) is 74.5 Å². The molecule has 0 aliphatic heterocycles. The summed E-state index contributed by atoms with van der Waals surface area (Å²) < 4.78 is 6.56. The molecular formula is C19H34O2. The molecule has 3 saturated carbocycles. The van der Waals surface area contributed by atoms with E-state index < -0.39 is 0 Å². The van der Waals surface area contributed by atoms with Gasteiger partial charge in [-0.25, -0.2) is 0 Å². The Morgan fingerprint density at radius 1 is 1.14 bits per heavy atom. The van der Waals surface area contributed by atoms with E-state index in [1.165, 1.54) is 44.9 Å². The van der Waals surface area contributed by atoms with Crippen LogP contribution in [0.25, 0.3) is 0 Å². The van der Waals surface area contributed by atoms with Gasteiger partial charge in [0.2, 0.25) is 0 Å². The summed E-state index contributed by atoms with van der Waals surface area (Å²) in [7, 11) is 0. The van der Waals surface area contributed by atoms with Crippen LogP contribution in [0.1, 0.15) is 79.1 Å². The smallest absolute Gasteiger partial charge is 0.0718 e. The Hall–Kier alpha value is -0.0800. The molecule has 5 unspecified atom stereocenters. The van der Waals surface area contributed by atoms with Crippen LogP contribution in [0.5, 0.6) is 0 Å². The van der Waals surface area contributed by atoms with E-state index >= 15 is 0 Å². The second-order valence-corrected chi connectivity index (χ2v) is 9.34. The molecule has 5 atom stereocenters. The Balaban J connectivity index is 1.80. The van der Waals surface area contributed by atoms with Gasteiger partial charge in [0, 0.05) is 6.61 Å². The van der Waals surface area contributed by atoms with Gasteiger partial charge in [-0.15, -0.1) is 0 Å². The van der Waals surface area contributed by atoms with Crippen molar-refractivity contribution in [2.45, 2.75) is 90.8 Å². The SMILES string of the molecule is CC(O)CCOC12CCCC(C)(CCC3C1CC3(C)C)C2. The summed E-state index contributed by atoms with van der Waals surface area (Å²) in [6.07, 6.45) is 9.88. The van der Waals surface area contributed by atoms with Crippen molar-refractivity contribution in [3.05, 3.63) is 0 Å². The van der Waals surface area contributed by atoms with Crippen LogP contribution in [0.2, 0.25) is 0 Å². The first-order chi connectivity index (χ1) is 9.77.